The summed E-state index contributed by atoms with van der Waals surface area (Å²) in [4.78, 5) is 4.68. The number of ether oxygens (including phenoxy) is 4. The fourth-order valence-corrected chi connectivity index (χ4v) is 2.67. The van der Waals surface area contributed by atoms with Gasteiger partial charge in [0, 0.05) is 32.3 Å². The molecule has 154 valence electrons. The largest absolute Gasteiger partial charge is 0.496 e. The molecule has 0 aliphatic heterocycles. The van der Waals surface area contributed by atoms with Crippen molar-refractivity contribution in [3.8, 4) is 17.2 Å². The van der Waals surface area contributed by atoms with E-state index in [-0.39, 0.29) is 11.5 Å². The smallest absolute Gasteiger partial charge is 0.191 e. The van der Waals surface area contributed by atoms with Crippen LogP contribution in [0.1, 0.15) is 33.3 Å². The standard InChI is InChI=1S/C20H35N3O4/c1-9-21-19(23-13-18(27-8)20(2,3)4)22-12-15-16(25-6)10-14(24-5)11-17(15)26-7/h10-11,18H,9,12-13H2,1-8H3,(H2,21,22,23). The molecule has 0 aromatic heterocycles. The second-order valence-electron chi connectivity index (χ2n) is 7.18. The summed E-state index contributed by atoms with van der Waals surface area (Å²) in [6, 6.07) is 3.66. The molecule has 7 heteroatoms. The van der Waals surface area contributed by atoms with Crippen LogP contribution >= 0.6 is 0 Å². The summed E-state index contributed by atoms with van der Waals surface area (Å²) in [6.07, 6.45) is 0.0615. The number of hydrogen-bond acceptors (Lipinski definition) is 5. The van der Waals surface area contributed by atoms with E-state index in [2.05, 4.69) is 36.4 Å². The third kappa shape index (κ3) is 6.82. The number of benzene rings is 1. The van der Waals surface area contributed by atoms with E-state index >= 15 is 0 Å². The van der Waals surface area contributed by atoms with E-state index in [0.29, 0.717) is 36.3 Å². The highest BCUT2D eigenvalue weighted by atomic mass is 16.5. The van der Waals surface area contributed by atoms with Crippen LogP contribution in [0.25, 0.3) is 0 Å². The zero-order valence-electron chi connectivity index (χ0n) is 17.9. The van der Waals surface area contributed by atoms with Crippen molar-refractivity contribution < 1.29 is 18.9 Å². The van der Waals surface area contributed by atoms with Gasteiger partial charge in [0.25, 0.3) is 0 Å². The van der Waals surface area contributed by atoms with Gasteiger partial charge >= 0.3 is 0 Å². The molecule has 0 fully saturated rings. The van der Waals surface area contributed by atoms with Gasteiger partial charge in [-0.15, -0.1) is 0 Å². The average molecular weight is 382 g/mol. The van der Waals surface area contributed by atoms with Gasteiger partial charge in [0.15, 0.2) is 5.96 Å². The van der Waals surface area contributed by atoms with Gasteiger partial charge in [-0.1, -0.05) is 20.8 Å². The normalized spacial score (nSPS) is 13.1. The second kappa shape index (κ2) is 10.9. The van der Waals surface area contributed by atoms with Crippen LogP contribution in [0.5, 0.6) is 17.2 Å². The molecule has 0 saturated carbocycles. The van der Waals surface area contributed by atoms with Crippen LogP contribution in [0.2, 0.25) is 0 Å². The molecule has 0 radical (unpaired) electrons. The predicted octanol–water partition coefficient (Wildman–Crippen LogP) is 2.83. The van der Waals surface area contributed by atoms with Crippen molar-refractivity contribution >= 4 is 5.96 Å². The monoisotopic (exact) mass is 381 g/mol. The van der Waals surface area contributed by atoms with Crippen LogP contribution in [0, 0.1) is 5.41 Å². The van der Waals surface area contributed by atoms with Crippen LogP contribution < -0.4 is 24.8 Å². The number of nitrogens with one attached hydrogen (secondary N) is 2. The summed E-state index contributed by atoms with van der Waals surface area (Å²) in [5.41, 5.74) is 0.888. The number of guanidine groups is 1. The van der Waals surface area contributed by atoms with E-state index in [0.717, 1.165) is 12.1 Å². The van der Waals surface area contributed by atoms with Gasteiger partial charge in [-0.3, -0.25) is 0 Å². The molecule has 0 saturated heterocycles. The molecule has 1 aromatic carbocycles. The molecule has 2 N–H and O–H groups in total. The van der Waals surface area contributed by atoms with Crippen LogP contribution in [-0.2, 0) is 11.3 Å². The van der Waals surface area contributed by atoms with Crippen molar-refractivity contribution in [2.24, 2.45) is 10.4 Å². The first-order chi connectivity index (χ1) is 12.8. The number of nitrogens with zero attached hydrogens (tertiary/aromatic N) is 1. The Hall–Kier alpha value is -2.15. The maximum absolute atomic E-state index is 5.61. The Morgan fingerprint density at radius 2 is 1.59 bits per heavy atom. The molecular formula is C20H35N3O4. The molecule has 1 atom stereocenters. The first-order valence-electron chi connectivity index (χ1n) is 9.14. The highest BCUT2D eigenvalue weighted by molar-refractivity contribution is 5.79. The first kappa shape index (κ1) is 22.9. The molecule has 0 heterocycles. The zero-order chi connectivity index (χ0) is 20.4. The maximum Gasteiger partial charge on any atom is 0.191 e. The fourth-order valence-electron chi connectivity index (χ4n) is 2.67. The van der Waals surface area contributed by atoms with Crippen molar-refractivity contribution in [3.63, 3.8) is 0 Å². The lowest BCUT2D eigenvalue weighted by atomic mass is 9.89. The van der Waals surface area contributed by atoms with Gasteiger partial charge < -0.3 is 29.6 Å². The molecule has 0 aliphatic carbocycles. The molecule has 0 spiro atoms. The Morgan fingerprint density at radius 3 is 2.00 bits per heavy atom. The molecule has 0 amide bonds. The molecule has 27 heavy (non-hydrogen) atoms. The van der Waals surface area contributed by atoms with Crippen molar-refractivity contribution in [1.29, 1.82) is 0 Å². The third-order valence-electron chi connectivity index (χ3n) is 4.26. The van der Waals surface area contributed by atoms with Gasteiger partial charge in [-0.05, 0) is 12.3 Å². The predicted molar refractivity (Wildman–Crippen MR) is 109 cm³/mol. The van der Waals surface area contributed by atoms with Crippen LogP contribution in [0.3, 0.4) is 0 Å². The Balaban J connectivity index is 3.01. The lowest BCUT2D eigenvalue weighted by molar-refractivity contribution is 0.0205. The molecular weight excluding hydrogens is 346 g/mol. The third-order valence-corrected chi connectivity index (χ3v) is 4.26. The van der Waals surface area contributed by atoms with E-state index in [9.17, 15) is 0 Å². The topological polar surface area (TPSA) is 73.3 Å². The van der Waals surface area contributed by atoms with E-state index in [1.807, 2.05) is 19.1 Å². The summed E-state index contributed by atoms with van der Waals surface area (Å²) >= 11 is 0. The van der Waals surface area contributed by atoms with E-state index in [1.54, 1.807) is 28.4 Å². The summed E-state index contributed by atoms with van der Waals surface area (Å²) in [5, 5.41) is 6.61. The van der Waals surface area contributed by atoms with Crippen molar-refractivity contribution in [1.82, 2.24) is 10.6 Å². The summed E-state index contributed by atoms with van der Waals surface area (Å²) in [5.74, 6) is 2.74. The maximum atomic E-state index is 5.61. The molecule has 1 unspecified atom stereocenters. The first-order valence-corrected chi connectivity index (χ1v) is 9.14. The van der Waals surface area contributed by atoms with Crippen molar-refractivity contribution in [2.75, 3.05) is 41.5 Å². The Bertz CT molecular complexity index is 587. The highest BCUT2D eigenvalue weighted by Gasteiger charge is 2.24. The van der Waals surface area contributed by atoms with E-state index in [1.165, 1.54) is 0 Å². The molecule has 1 aromatic rings. The minimum atomic E-state index is 0.0293. The fraction of sp³-hybridized carbons (Fsp3) is 0.650. The van der Waals surface area contributed by atoms with Crippen LogP contribution in [0.4, 0.5) is 0 Å². The van der Waals surface area contributed by atoms with Crippen LogP contribution in [0.15, 0.2) is 17.1 Å². The minimum Gasteiger partial charge on any atom is -0.496 e. The molecule has 0 bridgehead atoms. The molecule has 1 rings (SSSR count). The van der Waals surface area contributed by atoms with Gasteiger partial charge in [0.2, 0.25) is 0 Å². The molecule has 0 aliphatic rings. The zero-order valence-corrected chi connectivity index (χ0v) is 17.9. The van der Waals surface area contributed by atoms with Gasteiger partial charge in [0.05, 0.1) is 39.5 Å². The summed E-state index contributed by atoms with van der Waals surface area (Å²) in [6.45, 7) is 10.3. The van der Waals surface area contributed by atoms with Crippen molar-refractivity contribution in [2.45, 2.75) is 40.3 Å². The van der Waals surface area contributed by atoms with Crippen molar-refractivity contribution in [3.05, 3.63) is 17.7 Å². The number of methoxy groups -OCH3 is 4. The highest BCUT2D eigenvalue weighted by Crippen LogP contribution is 2.34. The summed E-state index contributed by atoms with van der Waals surface area (Å²) in [7, 11) is 6.59. The number of aliphatic imine (C=N–C) groups is 1. The van der Waals surface area contributed by atoms with Gasteiger partial charge in [0.1, 0.15) is 17.2 Å². The molecule has 7 nitrogen and oxygen atoms in total. The van der Waals surface area contributed by atoms with E-state index in [4.69, 9.17) is 18.9 Å². The Kier molecular flexibility index (Phi) is 9.21. The van der Waals surface area contributed by atoms with Gasteiger partial charge in [-0.25, -0.2) is 4.99 Å². The Labute approximate surface area is 163 Å². The second-order valence-corrected chi connectivity index (χ2v) is 7.18. The number of rotatable bonds is 9. The summed E-state index contributed by atoms with van der Waals surface area (Å²) < 4.78 is 21.9. The van der Waals surface area contributed by atoms with Crippen LogP contribution in [-0.4, -0.2) is 53.6 Å². The van der Waals surface area contributed by atoms with Gasteiger partial charge in [-0.2, -0.15) is 0 Å². The SMILES string of the molecule is CCNC(=NCc1c(OC)cc(OC)cc1OC)NCC(OC)C(C)(C)C. The van der Waals surface area contributed by atoms with E-state index < -0.39 is 0 Å². The number of hydrogen-bond donors (Lipinski definition) is 2. The average Bonchev–Trinajstić information content (AvgIpc) is 2.64. The lowest BCUT2D eigenvalue weighted by Crippen LogP contribution is -2.45. The Morgan fingerprint density at radius 1 is 1.00 bits per heavy atom. The lowest BCUT2D eigenvalue weighted by Gasteiger charge is -2.30. The quantitative estimate of drug-likeness (QED) is 0.506. The minimum absolute atomic E-state index is 0.0293.